The molecule has 0 amide bonds. The van der Waals surface area contributed by atoms with Crippen molar-refractivity contribution in [2.75, 3.05) is 6.61 Å². The maximum Gasteiger partial charge on any atom is 0.0919 e. The fourth-order valence-corrected chi connectivity index (χ4v) is 3.45. The van der Waals surface area contributed by atoms with Gasteiger partial charge >= 0.3 is 0 Å². The molecule has 4 fully saturated rings. The van der Waals surface area contributed by atoms with E-state index in [1.807, 2.05) is 0 Å². The number of hydrogen-bond acceptors (Lipinski definition) is 1. The third-order valence-electron chi connectivity index (χ3n) is 4.43. The maximum atomic E-state index is 5.59. The van der Waals surface area contributed by atoms with Crippen molar-refractivity contribution in [3.8, 4) is 0 Å². The van der Waals surface area contributed by atoms with E-state index in [1.165, 1.54) is 32.1 Å². The summed E-state index contributed by atoms with van der Waals surface area (Å²) in [5.41, 5.74) is 0.323. The monoisotopic (exact) mass is 166 g/mol. The first kappa shape index (κ1) is 7.37. The minimum absolute atomic E-state index is 0.323. The molecule has 0 aromatic heterocycles. The summed E-state index contributed by atoms with van der Waals surface area (Å²) in [4.78, 5) is 0. The molecule has 0 N–H and O–H groups in total. The summed E-state index contributed by atoms with van der Waals surface area (Å²) in [5, 5.41) is 0. The topological polar surface area (TPSA) is 12.5 Å². The van der Waals surface area contributed by atoms with Gasteiger partial charge in [-0.2, -0.15) is 0 Å². The fourth-order valence-electron chi connectivity index (χ4n) is 3.45. The summed E-state index contributed by atoms with van der Waals surface area (Å²) in [6.45, 7) is 3.36. The average molecular weight is 166 g/mol. The summed E-state index contributed by atoms with van der Waals surface area (Å²) in [5.74, 6) is 2.99. The molecule has 0 spiro atoms. The van der Waals surface area contributed by atoms with Crippen molar-refractivity contribution < 1.29 is 4.74 Å². The highest BCUT2D eigenvalue weighted by molar-refractivity contribution is 5.01. The smallest absolute Gasteiger partial charge is 0.0919 e. The molecule has 4 aliphatic rings. The van der Waals surface area contributed by atoms with Crippen LogP contribution < -0.4 is 0 Å². The largest absolute Gasteiger partial charge is 0.370 e. The molecule has 1 heterocycles. The van der Waals surface area contributed by atoms with E-state index in [0.29, 0.717) is 5.60 Å². The predicted octanol–water partition coefficient (Wildman–Crippen LogP) is 2.60. The lowest BCUT2D eigenvalue weighted by Gasteiger charge is -2.44. The zero-order valence-electron chi connectivity index (χ0n) is 7.88. The van der Waals surface area contributed by atoms with Crippen molar-refractivity contribution in [2.45, 2.75) is 44.6 Å². The summed E-state index contributed by atoms with van der Waals surface area (Å²) in [6.07, 6.45) is 7.48. The molecule has 1 aliphatic heterocycles. The molecular formula is C11H18O. The zero-order chi connectivity index (χ0) is 8.18. The standard InChI is InChI=1S/C11H18O/c1-11(7-12-11)10-6-8-2-4-9(10)5-3-8/h8-10H,2-7H2,1H3. The highest BCUT2D eigenvalue weighted by Crippen LogP contribution is 2.53. The van der Waals surface area contributed by atoms with E-state index in [2.05, 4.69) is 6.92 Å². The van der Waals surface area contributed by atoms with Crippen molar-refractivity contribution >= 4 is 0 Å². The van der Waals surface area contributed by atoms with E-state index in [4.69, 9.17) is 4.74 Å². The van der Waals surface area contributed by atoms with E-state index in [1.54, 1.807) is 0 Å². The summed E-state index contributed by atoms with van der Waals surface area (Å²) >= 11 is 0. The Balaban J connectivity index is 1.79. The van der Waals surface area contributed by atoms with Crippen LogP contribution in [0.5, 0.6) is 0 Å². The van der Waals surface area contributed by atoms with Gasteiger partial charge in [0.25, 0.3) is 0 Å². The van der Waals surface area contributed by atoms with E-state index < -0.39 is 0 Å². The van der Waals surface area contributed by atoms with Crippen LogP contribution in [0, 0.1) is 17.8 Å². The van der Waals surface area contributed by atoms with Gasteiger partial charge in [0.15, 0.2) is 0 Å². The molecule has 2 unspecified atom stereocenters. The summed E-state index contributed by atoms with van der Waals surface area (Å²) in [6, 6.07) is 0. The third-order valence-corrected chi connectivity index (χ3v) is 4.43. The molecular weight excluding hydrogens is 148 g/mol. The summed E-state index contributed by atoms with van der Waals surface area (Å²) < 4.78 is 5.59. The number of rotatable bonds is 1. The van der Waals surface area contributed by atoms with Gasteiger partial charge in [0.05, 0.1) is 12.2 Å². The van der Waals surface area contributed by atoms with E-state index in [-0.39, 0.29) is 0 Å². The van der Waals surface area contributed by atoms with Crippen molar-refractivity contribution in [2.24, 2.45) is 17.8 Å². The number of ether oxygens (including phenoxy) is 1. The van der Waals surface area contributed by atoms with Crippen LogP contribution in [0.25, 0.3) is 0 Å². The Bertz CT molecular complexity index is 187. The molecule has 1 saturated heterocycles. The molecule has 1 nitrogen and oxygen atoms in total. The lowest BCUT2D eigenvalue weighted by atomic mass is 9.61. The molecule has 68 valence electrons. The van der Waals surface area contributed by atoms with Crippen LogP contribution in [0.4, 0.5) is 0 Å². The molecule has 2 atom stereocenters. The Hall–Kier alpha value is -0.0400. The Kier molecular flexibility index (Phi) is 1.39. The zero-order valence-corrected chi connectivity index (χ0v) is 7.88. The SMILES string of the molecule is CC1(C2CC3CCC2CC3)CO1. The first-order chi connectivity index (χ1) is 5.78. The minimum Gasteiger partial charge on any atom is -0.370 e. The van der Waals surface area contributed by atoms with Crippen LogP contribution >= 0.6 is 0 Å². The second kappa shape index (κ2) is 2.25. The lowest BCUT2D eigenvalue weighted by Crippen LogP contribution is -2.38. The molecule has 3 saturated carbocycles. The quantitative estimate of drug-likeness (QED) is 0.545. The Morgan fingerprint density at radius 2 is 1.83 bits per heavy atom. The molecule has 0 radical (unpaired) electrons. The van der Waals surface area contributed by atoms with Crippen LogP contribution in [-0.2, 0) is 4.74 Å². The average Bonchev–Trinajstić information content (AvgIpc) is 2.87. The second-order valence-corrected chi connectivity index (χ2v) is 5.22. The molecule has 12 heavy (non-hydrogen) atoms. The molecule has 3 aliphatic carbocycles. The lowest BCUT2D eigenvalue weighted by molar-refractivity contribution is 0.0437. The van der Waals surface area contributed by atoms with Crippen molar-refractivity contribution in [3.05, 3.63) is 0 Å². The van der Waals surface area contributed by atoms with Crippen LogP contribution in [0.1, 0.15) is 39.0 Å². The third kappa shape index (κ3) is 0.953. The normalized spacial score (nSPS) is 57.2. The van der Waals surface area contributed by atoms with Gasteiger partial charge in [0.2, 0.25) is 0 Å². The highest BCUT2D eigenvalue weighted by Gasteiger charge is 2.53. The van der Waals surface area contributed by atoms with Gasteiger partial charge in [-0.15, -0.1) is 0 Å². The summed E-state index contributed by atoms with van der Waals surface area (Å²) in [7, 11) is 0. The molecule has 0 aromatic carbocycles. The van der Waals surface area contributed by atoms with Gasteiger partial charge in [-0.1, -0.05) is 12.8 Å². The van der Waals surface area contributed by atoms with Crippen LogP contribution in [0.3, 0.4) is 0 Å². The Morgan fingerprint density at radius 3 is 2.25 bits per heavy atom. The van der Waals surface area contributed by atoms with Crippen molar-refractivity contribution in [3.63, 3.8) is 0 Å². The molecule has 0 aromatic rings. The predicted molar refractivity (Wildman–Crippen MR) is 47.9 cm³/mol. The maximum absolute atomic E-state index is 5.59. The number of fused-ring (bicyclic) bond motifs is 3. The van der Waals surface area contributed by atoms with Gasteiger partial charge in [-0.25, -0.2) is 0 Å². The van der Waals surface area contributed by atoms with Gasteiger partial charge in [-0.05, 0) is 43.9 Å². The van der Waals surface area contributed by atoms with Crippen LogP contribution in [0.15, 0.2) is 0 Å². The second-order valence-electron chi connectivity index (χ2n) is 5.22. The van der Waals surface area contributed by atoms with Crippen LogP contribution in [-0.4, -0.2) is 12.2 Å². The van der Waals surface area contributed by atoms with Gasteiger partial charge < -0.3 is 4.74 Å². The van der Waals surface area contributed by atoms with Crippen molar-refractivity contribution in [1.29, 1.82) is 0 Å². The minimum atomic E-state index is 0.323. The molecule has 4 rings (SSSR count). The fraction of sp³-hybridized carbons (Fsp3) is 1.00. The van der Waals surface area contributed by atoms with Crippen molar-refractivity contribution in [1.82, 2.24) is 0 Å². The number of hydrogen-bond donors (Lipinski definition) is 0. The van der Waals surface area contributed by atoms with Gasteiger partial charge in [0, 0.05) is 0 Å². The first-order valence-electron chi connectivity index (χ1n) is 5.42. The van der Waals surface area contributed by atoms with E-state index in [9.17, 15) is 0 Å². The molecule has 2 bridgehead atoms. The Morgan fingerprint density at radius 1 is 1.17 bits per heavy atom. The van der Waals surface area contributed by atoms with E-state index in [0.717, 1.165) is 24.4 Å². The van der Waals surface area contributed by atoms with Gasteiger partial charge in [0.1, 0.15) is 0 Å². The first-order valence-corrected chi connectivity index (χ1v) is 5.42. The van der Waals surface area contributed by atoms with E-state index >= 15 is 0 Å². The molecule has 1 heteroatoms. The highest BCUT2D eigenvalue weighted by atomic mass is 16.6. The van der Waals surface area contributed by atoms with Crippen LogP contribution in [0.2, 0.25) is 0 Å². The Labute approximate surface area is 74.5 Å². The number of epoxide rings is 1. The van der Waals surface area contributed by atoms with Gasteiger partial charge in [-0.3, -0.25) is 0 Å².